The lowest BCUT2D eigenvalue weighted by Crippen LogP contribution is -2.48. The van der Waals surface area contributed by atoms with E-state index in [1.807, 2.05) is 0 Å². The van der Waals surface area contributed by atoms with Gasteiger partial charge in [0.25, 0.3) is 0 Å². The maximum atomic E-state index is 5.92. The first-order valence-corrected chi connectivity index (χ1v) is 5.40. The molecule has 0 aromatic heterocycles. The second-order valence-corrected chi connectivity index (χ2v) is 4.39. The summed E-state index contributed by atoms with van der Waals surface area (Å²) in [5, 5.41) is 0. The Kier molecular flexibility index (Phi) is 3.38. The van der Waals surface area contributed by atoms with Gasteiger partial charge in [0.15, 0.2) is 0 Å². The highest BCUT2D eigenvalue weighted by atomic mass is 16.5. The van der Waals surface area contributed by atoms with Crippen LogP contribution in [0.1, 0.15) is 12.8 Å². The minimum absolute atomic E-state index is 0.137. The summed E-state index contributed by atoms with van der Waals surface area (Å²) in [6.07, 6.45) is 3.37. The van der Waals surface area contributed by atoms with E-state index in [9.17, 15) is 0 Å². The minimum atomic E-state index is 0.137. The Hall–Kier alpha value is -0.160. The summed E-state index contributed by atoms with van der Waals surface area (Å²) in [5.41, 5.74) is 5.92. The van der Waals surface area contributed by atoms with Crippen LogP contribution in [0.2, 0.25) is 0 Å². The van der Waals surface area contributed by atoms with Gasteiger partial charge >= 0.3 is 0 Å². The molecule has 2 fully saturated rings. The first kappa shape index (κ1) is 10.4. The largest absolute Gasteiger partial charge is 0.383 e. The monoisotopic (exact) mass is 200 g/mol. The summed E-state index contributed by atoms with van der Waals surface area (Å²) in [4.78, 5) is 2.41. The van der Waals surface area contributed by atoms with E-state index in [0.29, 0.717) is 18.8 Å². The molecule has 2 aliphatic rings. The molecule has 2 heterocycles. The molecule has 0 radical (unpaired) electrons. The number of methoxy groups -OCH3 is 1. The zero-order valence-electron chi connectivity index (χ0n) is 8.82. The van der Waals surface area contributed by atoms with Gasteiger partial charge in [-0.2, -0.15) is 0 Å². The van der Waals surface area contributed by atoms with Crippen molar-refractivity contribution in [3.63, 3.8) is 0 Å². The van der Waals surface area contributed by atoms with E-state index in [1.54, 1.807) is 7.11 Å². The highest BCUT2D eigenvalue weighted by Gasteiger charge is 2.33. The quantitative estimate of drug-likeness (QED) is 0.684. The van der Waals surface area contributed by atoms with Gasteiger partial charge in [-0.1, -0.05) is 0 Å². The molecule has 4 heteroatoms. The van der Waals surface area contributed by atoms with E-state index >= 15 is 0 Å². The number of nitrogens with two attached hydrogens (primary N) is 1. The number of ether oxygens (including phenoxy) is 2. The van der Waals surface area contributed by atoms with Crippen molar-refractivity contribution in [3.8, 4) is 0 Å². The lowest BCUT2D eigenvalue weighted by molar-refractivity contribution is -0.0414. The van der Waals surface area contributed by atoms with Crippen LogP contribution in [0.3, 0.4) is 0 Å². The van der Waals surface area contributed by atoms with Crippen molar-refractivity contribution in [2.24, 2.45) is 5.73 Å². The van der Waals surface area contributed by atoms with E-state index < -0.39 is 0 Å². The molecule has 0 amide bonds. The molecule has 4 nitrogen and oxygen atoms in total. The molecule has 0 aliphatic carbocycles. The van der Waals surface area contributed by atoms with E-state index in [1.165, 1.54) is 12.8 Å². The zero-order chi connectivity index (χ0) is 9.97. The fourth-order valence-electron chi connectivity index (χ4n) is 2.45. The topological polar surface area (TPSA) is 47.7 Å². The third-order valence-electron chi connectivity index (χ3n) is 2.99. The van der Waals surface area contributed by atoms with Gasteiger partial charge in [-0.05, 0) is 12.8 Å². The Morgan fingerprint density at radius 1 is 1.43 bits per heavy atom. The Balaban J connectivity index is 1.76. The summed E-state index contributed by atoms with van der Waals surface area (Å²) in [5.74, 6) is 0. The van der Waals surface area contributed by atoms with Crippen LogP contribution in [-0.2, 0) is 9.47 Å². The summed E-state index contributed by atoms with van der Waals surface area (Å²) in [6, 6.07) is 0.137. The Labute approximate surface area is 85.3 Å². The van der Waals surface area contributed by atoms with Crippen molar-refractivity contribution in [2.45, 2.75) is 31.1 Å². The van der Waals surface area contributed by atoms with E-state index in [0.717, 1.165) is 19.6 Å². The van der Waals surface area contributed by atoms with Crippen molar-refractivity contribution in [1.29, 1.82) is 0 Å². The molecule has 0 aromatic carbocycles. The molecule has 2 saturated heterocycles. The van der Waals surface area contributed by atoms with Gasteiger partial charge in [-0.25, -0.2) is 0 Å². The van der Waals surface area contributed by atoms with E-state index in [-0.39, 0.29) is 6.04 Å². The zero-order valence-corrected chi connectivity index (χ0v) is 8.82. The number of rotatable bonds is 4. The molecule has 0 saturated carbocycles. The van der Waals surface area contributed by atoms with Crippen LogP contribution in [0.5, 0.6) is 0 Å². The molecule has 2 bridgehead atoms. The van der Waals surface area contributed by atoms with Gasteiger partial charge < -0.3 is 15.2 Å². The van der Waals surface area contributed by atoms with Gasteiger partial charge in [0, 0.05) is 32.8 Å². The molecule has 0 spiro atoms. The average Bonchev–Trinajstić information content (AvgIpc) is 2.46. The summed E-state index contributed by atoms with van der Waals surface area (Å²) in [6.45, 7) is 3.68. The van der Waals surface area contributed by atoms with Crippen LogP contribution >= 0.6 is 0 Å². The molecule has 2 aliphatic heterocycles. The highest BCUT2D eigenvalue weighted by Crippen LogP contribution is 2.25. The molecule has 3 unspecified atom stereocenters. The van der Waals surface area contributed by atoms with Crippen LogP contribution in [0, 0.1) is 0 Å². The summed E-state index contributed by atoms with van der Waals surface area (Å²) < 4.78 is 10.8. The first-order valence-electron chi connectivity index (χ1n) is 5.40. The minimum Gasteiger partial charge on any atom is -0.383 e. The van der Waals surface area contributed by atoms with E-state index in [2.05, 4.69) is 4.90 Å². The lowest BCUT2D eigenvalue weighted by atomic mass is 10.2. The smallest absolute Gasteiger partial charge is 0.0707 e. The molecular weight excluding hydrogens is 180 g/mol. The Bertz CT molecular complexity index is 177. The van der Waals surface area contributed by atoms with Crippen molar-refractivity contribution in [2.75, 3.05) is 33.4 Å². The average molecular weight is 200 g/mol. The van der Waals surface area contributed by atoms with Gasteiger partial charge in [0.1, 0.15) is 0 Å². The molecule has 0 aromatic rings. The third-order valence-corrected chi connectivity index (χ3v) is 2.99. The number of morpholine rings is 1. The fraction of sp³-hybridized carbons (Fsp3) is 1.00. The number of likely N-dealkylation sites (tertiary alicyclic amines) is 1. The van der Waals surface area contributed by atoms with Gasteiger partial charge in [-0.3, -0.25) is 4.90 Å². The molecule has 3 atom stereocenters. The van der Waals surface area contributed by atoms with E-state index in [4.69, 9.17) is 15.2 Å². The Morgan fingerprint density at radius 2 is 2.07 bits per heavy atom. The van der Waals surface area contributed by atoms with Crippen molar-refractivity contribution in [1.82, 2.24) is 4.90 Å². The van der Waals surface area contributed by atoms with Crippen molar-refractivity contribution < 1.29 is 9.47 Å². The predicted octanol–water partition coefficient (Wildman–Crippen LogP) is -0.177. The van der Waals surface area contributed by atoms with Crippen LogP contribution in [0.25, 0.3) is 0 Å². The maximum absolute atomic E-state index is 5.92. The van der Waals surface area contributed by atoms with Crippen LogP contribution in [0.4, 0.5) is 0 Å². The molecule has 2 rings (SSSR count). The van der Waals surface area contributed by atoms with Crippen molar-refractivity contribution >= 4 is 0 Å². The summed E-state index contributed by atoms with van der Waals surface area (Å²) in [7, 11) is 1.70. The number of fused-ring (bicyclic) bond motifs is 2. The molecular formula is C10H20N2O2. The molecule has 14 heavy (non-hydrogen) atoms. The lowest BCUT2D eigenvalue weighted by Gasteiger charge is -2.33. The predicted molar refractivity (Wildman–Crippen MR) is 54.2 cm³/mol. The highest BCUT2D eigenvalue weighted by molar-refractivity contribution is 4.86. The Morgan fingerprint density at radius 3 is 2.64 bits per heavy atom. The van der Waals surface area contributed by atoms with Crippen LogP contribution in [-0.4, -0.2) is 56.5 Å². The fourth-order valence-corrected chi connectivity index (χ4v) is 2.45. The summed E-state index contributed by atoms with van der Waals surface area (Å²) >= 11 is 0. The maximum Gasteiger partial charge on any atom is 0.0707 e. The molecule has 2 N–H and O–H groups in total. The van der Waals surface area contributed by atoms with Crippen LogP contribution in [0.15, 0.2) is 0 Å². The van der Waals surface area contributed by atoms with Crippen LogP contribution < -0.4 is 5.73 Å². The van der Waals surface area contributed by atoms with Gasteiger partial charge in [0.2, 0.25) is 0 Å². The second-order valence-electron chi connectivity index (χ2n) is 4.39. The first-order chi connectivity index (χ1) is 6.78. The molecule has 82 valence electrons. The second kappa shape index (κ2) is 4.57. The normalized spacial score (nSPS) is 34.7. The third kappa shape index (κ3) is 2.45. The SMILES string of the molecule is COCC(N)CN1CC2CCC(C1)O2. The van der Waals surface area contributed by atoms with Gasteiger partial charge in [0.05, 0.1) is 18.8 Å². The number of nitrogens with zero attached hydrogens (tertiary/aromatic N) is 1. The standard InChI is InChI=1S/C10H20N2O2/c1-13-7-8(11)4-12-5-9-2-3-10(6-12)14-9/h8-10H,2-7,11H2,1H3. The van der Waals surface area contributed by atoms with Crippen molar-refractivity contribution in [3.05, 3.63) is 0 Å². The number of hydrogen-bond acceptors (Lipinski definition) is 4. The number of hydrogen-bond donors (Lipinski definition) is 1. The van der Waals surface area contributed by atoms with Gasteiger partial charge in [-0.15, -0.1) is 0 Å².